The molecule has 268 valence electrons. The van der Waals surface area contributed by atoms with Gasteiger partial charge in [-0.3, -0.25) is 0 Å². The molecule has 1 unspecified atom stereocenters. The van der Waals surface area contributed by atoms with E-state index in [4.69, 9.17) is 0 Å². The molecule has 0 N–H and O–H groups in total. The first-order valence-corrected chi connectivity index (χ1v) is 21.5. The minimum absolute atomic E-state index is 0.830. The summed E-state index contributed by atoms with van der Waals surface area (Å²) in [5.74, 6) is 0.830. The molecule has 0 aromatic heterocycles. The lowest BCUT2D eigenvalue weighted by Crippen LogP contribution is -2.03. The Bertz CT molecular complexity index is 585. The maximum absolute atomic E-state index is 4.51. The summed E-state index contributed by atoms with van der Waals surface area (Å²) >= 11 is 0. The van der Waals surface area contributed by atoms with Gasteiger partial charge in [-0.05, 0) is 50.9 Å². The van der Waals surface area contributed by atoms with Crippen LogP contribution in [-0.4, -0.2) is 0 Å². The zero-order chi connectivity index (χ0) is 32.9. The van der Waals surface area contributed by atoms with Crippen molar-refractivity contribution in [1.82, 2.24) is 0 Å². The fraction of sp³-hybridized carbons (Fsp3) is 0.911. The van der Waals surface area contributed by atoms with E-state index in [-0.39, 0.29) is 0 Å². The quantitative estimate of drug-likeness (QED) is 0.0469. The molecule has 0 aromatic rings. The van der Waals surface area contributed by atoms with Crippen molar-refractivity contribution in [3.8, 4) is 0 Å². The third-order valence-electron chi connectivity index (χ3n) is 10.4. The second kappa shape index (κ2) is 37.9. The van der Waals surface area contributed by atoms with Crippen LogP contribution in [-0.2, 0) is 0 Å². The van der Waals surface area contributed by atoms with Gasteiger partial charge in [0, 0.05) is 0 Å². The molecule has 0 spiro atoms. The van der Waals surface area contributed by atoms with Gasteiger partial charge in [0.2, 0.25) is 0 Å². The molecule has 1 atom stereocenters. The Balaban J connectivity index is 3.59. The standard InChI is InChI=1S/C45H88/c1-6-9-11-13-15-17-19-21-23-25-27-29-31-33-35-38-43(4)40-41-45(37-8-3)42-44(5)39-36-34-32-30-28-26-24-22-20-18-16-14-12-10-7-2/h45H,4-42H2,1-3H3. The molecule has 0 heteroatoms. The molecule has 0 aliphatic heterocycles. The van der Waals surface area contributed by atoms with E-state index >= 15 is 0 Å². The van der Waals surface area contributed by atoms with Crippen molar-refractivity contribution in [2.45, 2.75) is 258 Å². The lowest BCUT2D eigenvalue weighted by atomic mass is 9.87. The summed E-state index contributed by atoms with van der Waals surface area (Å²) < 4.78 is 0. The van der Waals surface area contributed by atoms with E-state index in [1.165, 1.54) is 249 Å². The highest BCUT2D eigenvalue weighted by Gasteiger charge is 2.11. The average Bonchev–Trinajstić information content (AvgIpc) is 3.03. The fourth-order valence-corrected chi connectivity index (χ4v) is 7.29. The average molecular weight is 629 g/mol. The minimum Gasteiger partial charge on any atom is -0.0999 e. The van der Waals surface area contributed by atoms with E-state index < -0.39 is 0 Å². The maximum atomic E-state index is 4.51. The van der Waals surface area contributed by atoms with Crippen LogP contribution in [0.4, 0.5) is 0 Å². The Morgan fingerprint density at radius 1 is 0.311 bits per heavy atom. The number of allylic oxidation sites excluding steroid dienone is 2. The Hall–Kier alpha value is -0.520. The van der Waals surface area contributed by atoms with Gasteiger partial charge >= 0.3 is 0 Å². The summed E-state index contributed by atoms with van der Waals surface area (Å²) in [4.78, 5) is 0. The first-order valence-electron chi connectivity index (χ1n) is 21.5. The molecule has 0 saturated heterocycles. The SMILES string of the molecule is C=C(CCCCCCCCCCCCCCCCC)CCC(CCC)CC(=C)CCCCCCCCCCCCCCCCC. The van der Waals surface area contributed by atoms with Gasteiger partial charge in [0.1, 0.15) is 0 Å². The van der Waals surface area contributed by atoms with Gasteiger partial charge in [-0.1, -0.05) is 238 Å². The van der Waals surface area contributed by atoms with Gasteiger partial charge < -0.3 is 0 Å². The summed E-state index contributed by atoms with van der Waals surface area (Å²) in [6.45, 7) is 15.9. The van der Waals surface area contributed by atoms with E-state index in [1.54, 1.807) is 0 Å². The minimum atomic E-state index is 0.830. The molecular formula is C45H88. The van der Waals surface area contributed by atoms with Crippen molar-refractivity contribution >= 4 is 0 Å². The molecule has 0 heterocycles. The molecular weight excluding hydrogens is 540 g/mol. The summed E-state index contributed by atoms with van der Waals surface area (Å²) in [5.41, 5.74) is 3.04. The van der Waals surface area contributed by atoms with Crippen molar-refractivity contribution in [2.24, 2.45) is 5.92 Å². The highest BCUT2D eigenvalue weighted by Crippen LogP contribution is 2.27. The van der Waals surface area contributed by atoms with Crippen molar-refractivity contribution in [3.63, 3.8) is 0 Å². The summed E-state index contributed by atoms with van der Waals surface area (Å²) in [6, 6.07) is 0. The zero-order valence-electron chi connectivity index (χ0n) is 32.2. The van der Waals surface area contributed by atoms with Crippen LogP contribution < -0.4 is 0 Å². The fourth-order valence-electron chi connectivity index (χ4n) is 7.29. The van der Waals surface area contributed by atoms with E-state index in [0.29, 0.717) is 0 Å². The first kappa shape index (κ1) is 44.5. The Morgan fingerprint density at radius 3 is 0.911 bits per heavy atom. The van der Waals surface area contributed by atoms with Gasteiger partial charge in [0.05, 0.1) is 0 Å². The van der Waals surface area contributed by atoms with E-state index in [0.717, 1.165) is 5.92 Å². The number of hydrogen-bond donors (Lipinski definition) is 0. The molecule has 0 saturated carbocycles. The number of hydrogen-bond acceptors (Lipinski definition) is 0. The molecule has 0 fully saturated rings. The monoisotopic (exact) mass is 629 g/mol. The molecule has 45 heavy (non-hydrogen) atoms. The van der Waals surface area contributed by atoms with Gasteiger partial charge in [-0.15, -0.1) is 0 Å². The van der Waals surface area contributed by atoms with Crippen LogP contribution in [0.3, 0.4) is 0 Å². The highest BCUT2D eigenvalue weighted by molar-refractivity contribution is 4.98. The van der Waals surface area contributed by atoms with E-state index in [2.05, 4.69) is 33.9 Å². The second-order valence-electron chi connectivity index (χ2n) is 15.3. The van der Waals surface area contributed by atoms with E-state index in [1.807, 2.05) is 0 Å². The summed E-state index contributed by atoms with van der Waals surface area (Å²) in [5, 5.41) is 0. The normalized spacial score (nSPS) is 12.2. The van der Waals surface area contributed by atoms with Crippen molar-refractivity contribution in [3.05, 3.63) is 24.3 Å². The Kier molecular flexibility index (Phi) is 37.5. The van der Waals surface area contributed by atoms with Crippen molar-refractivity contribution in [1.29, 1.82) is 0 Å². The molecule has 0 bridgehead atoms. The van der Waals surface area contributed by atoms with Crippen molar-refractivity contribution in [2.75, 3.05) is 0 Å². The van der Waals surface area contributed by atoms with Gasteiger partial charge in [0.25, 0.3) is 0 Å². The Morgan fingerprint density at radius 2 is 0.600 bits per heavy atom. The first-order chi connectivity index (χ1) is 22.1. The second-order valence-corrected chi connectivity index (χ2v) is 15.3. The van der Waals surface area contributed by atoms with Crippen LogP contribution in [0.1, 0.15) is 258 Å². The molecule has 0 aliphatic rings. The van der Waals surface area contributed by atoms with E-state index in [9.17, 15) is 0 Å². The molecule has 0 aliphatic carbocycles. The molecule has 0 nitrogen and oxygen atoms in total. The van der Waals surface area contributed by atoms with Crippen LogP contribution in [0, 0.1) is 5.92 Å². The van der Waals surface area contributed by atoms with Crippen molar-refractivity contribution < 1.29 is 0 Å². The molecule has 0 rings (SSSR count). The largest absolute Gasteiger partial charge is 0.0999 e. The molecule has 0 amide bonds. The predicted molar refractivity (Wildman–Crippen MR) is 210 cm³/mol. The van der Waals surface area contributed by atoms with Crippen LogP contribution in [0.25, 0.3) is 0 Å². The summed E-state index contributed by atoms with van der Waals surface area (Å²) in [6.07, 6.45) is 52.4. The smallest absolute Gasteiger partial charge is 0.0294 e. The van der Waals surface area contributed by atoms with Gasteiger partial charge in [-0.25, -0.2) is 0 Å². The van der Waals surface area contributed by atoms with Crippen LogP contribution in [0.5, 0.6) is 0 Å². The third-order valence-corrected chi connectivity index (χ3v) is 10.4. The summed E-state index contributed by atoms with van der Waals surface area (Å²) in [7, 11) is 0. The maximum Gasteiger partial charge on any atom is -0.0294 e. The zero-order valence-corrected chi connectivity index (χ0v) is 32.2. The predicted octanol–water partition coefficient (Wildman–Crippen LogP) is 17.2. The molecule has 0 radical (unpaired) electrons. The number of rotatable bonds is 39. The van der Waals surface area contributed by atoms with Gasteiger partial charge in [0.15, 0.2) is 0 Å². The number of unbranched alkanes of at least 4 members (excludes halogenated alkanes) is 28. The lowest BCUT2D eigenvalue weighted by Gasteiger charge is -2.18. The molecule has 0 aromatic carbocycles. The lowest BCUT2D eigenvalue weighted by molar-refractivity contribution is 0.431. The van der Waals surface area contributed by atoms with Crippen LogP contribution in [0.2, 0.25) is 0 Å². The van der Waals surface area contributed by atoms with Crippen LogP contribution >= 0.6 is 0 Å². The third kappa shape index (κ3) is 36.2. The van der Waals surface area contributed by atoms with Crippen LogP contribution in [0.15, 0.2) is 24.3 Å². The Labute approximate surface area is 287 Å². The highest BCUT2D eigenvalue weighted by atomic mass is 14.2. The topological polar surface area (TPSA) is 0 Å². The van der Waals surface area contributed by atoms with Gasteiger partial charge in [-0.2, -0.15) is 0 Å².